The van der Waals surface area contributed by atoms with Crippen molar-refractivity contribution in [3.8, 4) is 0 Å². The SMILES string of the molecule is CCc1nc(C)c(C(=O)N[C@@H]2CC(=O)N(CCCc3ccccc3)C2)o1. The van der Waals surface area contributed by atoms with Crippen molar-refractivity contribution in [1.29, 1.82) is 0 Å². The first-order chi connectivity index (χ1) is 12.6. The quantitative estimate of drug-likeness (QED) is 0.828. The minimum atomic E-state index is -0.293. The number of likely N-dealkylation sites (tertiary alicyclic amines) is 1. The summed E-state index contributed by atoms with van der Waals surface area (Å²) in [6.07, 6.45) is 2.84. The summed E-state index contributed by atoms with van der Waals surface area (Å²) in [6, 6.07) is 10.1. The lowest BCUT2D eigenvalue weighted by Crippen LogP contribution is -2.37. The molecule has 1 aliphatic heterocycles. The Bertz CT molecular complexity index is 770. The fourth-order valence-corrected chi connectivity index (χ4v) is 3.27. The summed E-state index contributed by atoms with van der Waals surface area (Å²) in [5.74, 6) is 0.597. The van der Waals surface area contributed by atoms with E-state index in [9.17, 15) is 9.59 Å². The van der Waals surface area contributed by atoms with Gasteiger partial charge in [-0.05, 0) is 25.3 Å². The molecule has 0 saturated carbocycles. The first-order valence-corrected chi connectivity index (χ1v) is 9.15. The van der Waals surface area contributed by atoms with Gasteiger partial charge in [-0.15, -0.1) is 0 Å². The monoisotopic (exact) mass is 355 g/mol. The summed E-state index contributed by atoms with van der Waals surface area (Å²) in [6.45, 7) is 4.94. The number of carbonyl (C=O) groups excluding carboxylic acids is 2. The molecule has 1 aromatic heterocycles. The molecule has 26 heavy (non-hydrogen) atoms. The highest BCUT2D eigenvalue weighted by molar-refractivity contribution is 5.93. The molecule has 1 fully saturated rings. The Morgan fingerprint density at radius 3 is 2.81 bits per heavy atom. The fraction of sp³-hybridized carbons (Fsp3) is 0.450. The molecule has 3 rings (SSSR count). The third kappa shape index (κ3) is 4.31. The highest BCUT2D eigenvalue weighted by Crippen LogP contribution is 2.15. The maximum Gasteiger partial charge on any atom is 0.289 e. The molecule has 0 unspecified atom stereocenters. The third-order valence-corrected chi connectivity index (χ3v) is 4.64. The molecule has 0 spiro atoms. The van der Waals surface area contributed by atoms with Gasteiger partial charge in [-0.25, -0.2) is 4.98 Å². The summed E-state index contributed by atoms with van der Waals surface area (Å²) in [7, 11) is 0. The largest absolute Gasteiger partial charge is 0.435 e. The molecule has 1 N–H and O–H groups in total. The predicted molar refractivity (Wildman–Crippen MR) is 97.8 cm³/mol. The molecule has 2 aromatic rings. The van der Waals surface area contributed by atoms with Gasteiger partial charge >= 0.3 is 0 Å². The van der Waals surface area contributed by atoms with Gasteiger partial charge in [0.25, 0.3) is 5.91 Å². The van der Waals surface area contributed by atoms with E-state index in [-0.39, 0.29) is 23.6 Å². The van der Waals surface area contributed by atoms with Crippen LogP contribution in [0.2, 0.25) is 0 Å². The summed E-state index contributed by atoms with van der Waals surface area (Å²) < 4.78 is 5.48. The molecule has 0 radical (unpaired) electrons. The number of hydrogen-bond donors (Lipinski definition) is 1. The van der Waals surface area contributed by atoms with E-state index in [4.69, 9.17) is 4.42 Å². The summed E-state index contributed by atoms with van der Waals surface area (Å²) in [5, 5.41) is 2.91. The van der Waals surface area contributed by atoms with Gasteiger partial charge < -0.3 is 14.6 Å². The molecule has 2 amide bonds. The van der Waals surface area contributed by atoms with Gasteiger partial charge in [0.15, 0.2) is 5.89 Å². The van der Waals surface area contributed by atoms with Crippen molar-refractivity contribution >= 4 is 11.8 Å². The highest BCUT2D eigenvalue weighted by Gasteiger charge is 2.31. The molecule has 1 atom stereocenters. The Morgan fingerprint density at radius 1 is 1.35 bits per heavy atom. The Labute approximate surface area is 153 Å². The zero-order chi connectivity index (χ0) is 18.5. The van der Waals surface area contributed by atoms with E-state index in [1.165, 1.54) is 5.56 Å². The molecule has 138 valence electrons. The molecule has 6 heteroatoms. The molecule has 0 aliphatic carbocycles. The van der Waals surface area contributed by atoms with E-state index in [2.05, 4.69) is 22.4 Å². The van der Waals surface area contributed by atoms with Crippen LogP contribution < -0.4 is 5.32 Å². The minimum absolute atomic E-state index is 0.0897. The van der Waals surface area contributed by atoms with Gasteiger partial charge in [-0.2, -0.15) is 0 Å². The average molecular weight is 355 g/mol. The number of benzene rings is 1. The van der Waals surface area contributed by atoms with Crippen LogP contribution in [-0.2, 0) is 17.6 Å². The van der Waals surface area contributed by atoms with E-state index in [0.717, 1.165) is 12.8 Å². The molecule has 1 aromatic carbocycles. The smallest absolute Gasteiger partial charge is 0.289 e. The van der Waals surface area contributed by atoms with Crippen LogP contribution in [0.4, 0.5) is 0 Å². The van der Waals surface area contributed by atoms with Crippen molar-refractivity contribution in [2.45, 2.75) is 45.6 Å². The van der Waals surface area contributed by atoms with E-state index < -0.39 is 0 Å². The number of rotatable bonds is 7. The molecular weight excluding hydrogens is 330 g/mol. The molecule has 6 nitrogen and oxygen atoms in total. The second kappa shape index (κ2) is 8.17. The summed E-state index contributed by atoms with van der Waals surface area (Å²) in [5.41, 5.74) is 1.86. The number of amides is 2. The maximum atomic E-state index is 12.4. The zero-order valence-corrected chi connectivity index (χ0v) is 15.3. The van der Waals surface area contributed by atoms with Crippen LogP contribution in [-0.4, -0.2) is 40.8 Å². The van der Waals surface area contributed by atoms with Crippen LogP contribution in [0, 0.1) is 6.92 Å². The van der Waals surface area contributed by atoms with Gasteiger partial charge in [-0.3, -0.25) is 9.59 Å². The third-order valence-electron chi connectivity index (χ3n) is 4.64. The van der Waals surface area contributed by atoms with Crippen molar-refractivity contribution in [3.63, 3.8) is 0 Å². The van der Waals surface area contributed by atoms with Gasteiger partial charge in [0, 0.05) is 25.9 Å². The maximum absolute atomic E-state index is 12.4. The standard InChI is InChI=1S/C20H25N3O3/c1-3-17-21-14(2)19(26-17)20(25)22-16-12-18(24)23(13-16)11-7-10-15-8-5-4-6-9-15/h4-6,8-9,16H,3,7,10-13H2,1-2H3,(H,22,25)/t16-/m1/s1. The number of nitrogens with zero attached hydrogens (tertiary/aromatic N) is 2. The number of aromatic nitrogens is 1. The van der Waals surface area contributed by atoms with E-state index in [1.807, 2.05) is 30.0 Å². The van der Waals surface area contributed by atoms with Crippen molar-refractivity contribution < 1.29 is 14.0 Å². The van der Waals surface area contributed by atoms with Gasteiger partial charge in [0.05, 0.1) is 11.7 Å². The van der Waals surface area contributed by atoms with Crippen LogP contribution in [0.5, 0.6) is 0 Å². The summed E-state index contributed by atoms with van der Waals surface area (Å²) >= 11 is 0. The zero-order valence-electron chi connectivity index (χ0n) is 15.3. The molecule has 0 bridgehead atoms. The lowest BCUT2D eigenvalue weighted by Gasteiger charge is -2.17. The Balaban J connectivity index is 1.49. The Morgan fingerprint density at radius 2 is 2.12 bits per heavy atom. The predicted octanol–water partition coefficient (Wildman–Crippen LogP) is 2.51. The van der Waals surface area contributed by atoms with Gasteiger partial charge in [0.2, 0.25) is 11.7 Å². The van der Waals surface area contributed by atoms with Gasteiger partial charge in [-0.1, -0.05) is 37.3 Å². The van der Waals surface area contributed by atoms with Crippen LogP contribution >= 0.6 is 0 Å². The molecule has 1 aliphatic rings. The first kappa shape index (κ1) is 18.2. The lowest BCUT2D eigenvalue weighted by molar-refractivity contribution is -0.127. The minimum Gasteiger partial charge on any atom is -0.435 e. The number of oxazole rings is 1. The van der Waals surface area contributed by atoms with Crippen LogP contribution in [0.15, 0.2) is 34.7 Å². The average Bonchev–Trinajstić information content (AvgIpc) is 3.18. The normalized spacial score (nSPS) is 16.9. The van der Waals surface area contributed by atoms with Crippen molar-refractivity contribution in [2.24, 2.45) is 0 Å². The van der Waals surface area contributed by atoms with E-state index in [0.29, 0.717) is 37.5 Å². The van der Waals surface area contributed by atoms with Crippen LogP contribution in [0.1, 0.15) is 47.5 Å². The summed E-state index contributed by atoms with van der Waals surface area (Å²) in [4.78, 5) is 30.6. The van der Waals surface area contributed by atoms with E-state index in [1.54, 1.807) is 6.92 Å². The highest BCUT2D eigenvalue weighted by atomic mass is 16.4. The van der Waals surface area contributed by atoms with Crippen LogP contribution in [0.25, 0.3) is 0 Å². The van der Waals surface area contributed by atoms with Crippen molar-refractivity contribution in [3.05, 3.63) is 53.2 Å². The molecular formula is C20H25N3O3. The molecule has 1 saturated heterocycles. The van der Waals surface area contributed by atoms with Crippen molar-refractivity contribution in [1.82, 2.24) is 15.2 Å². The van der Waals surface area contributed by atoms with Crippen molar-refractivity contribution in [2.75, 3.05) is 13.1 Å². The molecule has 2 heterocycles. The lowest BCUT2D eigenvalue weighted by atomic mass is 10.1. The Hall–Kier alpha value is -2.63. The Kier molecular flexibility index (Phi) is 5.71. The topological polar surface area (TPSA) is 75.4 Å². The first-order valence-electron chi connectivity index (χ1n) is 9.15. The number of hydrogen-bond acceptors (Lipinski definition) is 4. The number of nitrogens with one attached hydrogen (secondary N) is 1. The number of carbonyl (C=O) groups is 2. The fourth-order valence-electron chi connectivity index (χ4n) is 3.27. The second-order valence-electron chi connectivity index (χ2n) is 6.68. The van der Waals surface area contributed by atoms with Gasteiger partial charge in [0.1, 0.15) is 0 Å². The van der Waals surface area contributed by atoms with E-state index >= 15 is 0 Å². The second-order valence-corrected chi connectivity index (χ2v) is 6.68. The van der Waals surface area contributed by atoms with Crippen LogP contribution in [0.3, 0.4) is 0 Å². The number of aryl methyl sites for hydroxylation is 3.